The van der Waals surface area contributed by atoms with Crippen LogP contribution < -0.4 is 4.74 Å². The molecule has 6 heteroatoms. The average Bonchev–Trinajstić information content (AvgIpc) is 2.44. The number of carbonyl (C=O) groups excluding carboxylic acids is 1. The van der Waals surface area contributed by atoms with Gasteiger partial charge in [0.2, 0.25) is 0 Å². The van der Waals surface area contributed by atoms with E-state index in [2.05, 4.69) is 15.9 Å². The number of hydrogen-bond acceptors (Lipinski definition) is 5. The molecule has 0 fully saturated rings. The van der Waals surface area contributed by atoms with E-state index >= 15 is 0 Å². The highest BCUT2D eigenvalue weighted by molar-refractivity contribution is 9.09. The number of aliphatic hydroxyl groups is 2. The first-order valence-corrected chi connectivity index (χ1v) is 7.01. The number of esters is 1. The predicted octanol–water partition coefficient (Wildman–Crippen LogP) is 1.42. The van der Waals surface area contributed by atoms with Gasteiger partial charge in [0, 0.05) is 5.33 Å². The van der Waals surface area contributed by atoms with E-state index in [0.29, 0.717) is 17.9 Å². The second-order valence-electron chi connectivity index (χ2n) is 3.83. The van der Waals surface area contributed by atoms with Crippen LogP contribution in [0.2, 0.25) is 0 Å². The first-order chi connectivity index (χ1) is 9.08. The van der Waals surface area contributed by atoms with Crippen molar-refractivity contribution in [1.82, 2.24) is 0 Å². The average molecular weight is 333 g/mol. The van der Waals surface area contributed by atoms with Crippen LogP contribution in [0.15, 0.2) is 24.3 Å². The molecule has 1 rings (SSSR count). The second kappa shape index (κ2) is 8.14. The molecule has 0 amide bonds. The minimum atomic E-state index is -0.960. The van der Waals surface area contributed by atoms with Crippen LogP contribution >= 0.6 is 15.9 Å². The van der Waals surface area contributed by atoms with Crippen LogP contribution in [0.4, 0.5) is 0 Å². The minimum absolute atomic E-state index is 0.153. The Kier molecular flexibility index (Phi) is 6.83. The number of aliphatic hydroxyl groups excluding tert-OH is 2. The lowest BCUT2D eigenvalue weighted by atomic mass is 10.1. The molecule has 0 saturated heterocycles. The lowest BCUT2D eigenvalue weighted by Gasteiger charge is -2.16. The smallest absolute Gasteiger partial charge is 0.344 e. The zero-order chi connectivity index (χ0) is 14.3. The summed E-state index contributed by atoms with van der Waals surface area (Å²) in [4.78, 5) is 11.1. The van der Waals surface area contributed by atoms with Crippen LogP contribution in [0.5, 0.6) is 5.75 Å². The van der Waals surface area contributed by atoms with Gasteiger partial charge in [0.1, 0.15) is 11.9 Å². The van der Waals surface area contributed by atoms with Crippen LogP contribution in [0.3, 0.4) is 0 Å². The van der Waals surface area contributed by atoms with Crippen molar-refractivity contribution in [3.63, 3.8) is 0 Å². The molecule has 0 heterocycles. The predicted molar refractivity (Wildman–Crippen MR) is 73.3 cm³/mol. The lowest BCUT2D eigenvalue weighted by Crippen LogP contribution is -2.19. The van der Waals surface area contributed by atoms with E-state index in [1.54, 1.807) is 31.2 Å². The van der Waals surface area contributed by atoms with Crippen molar-refractivity contribution in [3.05, 3.63) is 29.8 Å². The third-order valence-electron chi connectivity index (χ3n) is 2.41. The molecule has 0 spiro atoms. The zero-order valence-corrected chi connectivity index (χ0v) is 12.2. The van der Waals surface area contributed by atoms with Gasteiger partial charge in [-0.3, -0.25) is 0 Å². The largest absolute Gasteiger partial charge is 0.482 e. The van der Waals surface area contributed by atoms with E-state index in [9.17, 15) is 15.0 Å². The maximum Gasteiger partial charge on any atom is 0.344 e. The molecule has 2 atom stereocenters. The molecule has 1 aromatic carbocycles. The van der Waals surface area contributed by atoms with Gasteiger partial charge in [-0.1, -0.05) is 28.1 Å². The van der Waals surface area contributed by atoms with Gasteiger partial charge in [-0.15, -0.1) is 0 Å². The molecule has 0 aliphatic carbocycles. The topological polar surface area (TPSA) is 76.0 Å². The number of benzene rings is 1. The summed E-state index contributed by atoms with van der Waals surface area (Å²) < 4.78 is 9.94. The van der Waals surface area contributed by atoms with Crippen LogP contribution in [0, 0.1) is 0 Å². The molecule has 1 aromatic rings. The van der Waals surface area contributed by atoms with E-state index in [1.165, 1.54) is 0 Å². The maximum absolute atomic E-state index is 11.1. The second-order valence-corrected chi connectivity index (χ2v) is 4.48. The molecule has 0 aromatic heterocycles. The van der Waals surface area contributed by atoms with Crippen molar-refractivity contribution in [1.29, 1.82) is 0 Å². The zero-order valence-electron chi connectivity index (χ0n) is 10.6. The Morgan fingerprint density at radius 2 is 1.95 bits per heavy atom. The van der Waals surface area contributed by atoms with E-state index in [4.69, 9.17) is 9.47 Å². The van der Waals surface area contributed by atoms with Crippen molar-refractivity contribution >= 4 is 21.9 Å². The summed E-state index contributed by atoms with van der Waals surface area (Å²) in [7, 11) is 0. The number of rotatable bonds is 7. The SMILES string of the molecule is CCOC(=O)COc1ccc(C(O)C(O)CBr)cc1. The molecular formula is C13H17BrO5. The molecule has 5 nitrogen and oxygen atoms in total. The molecule has 2 unspecified atom stereocenters. The summed E-state index contributed by atoms with van der Waals surface area (Å²) in [6.45, 7) is 1.89. The quantitative estimate of drug-likeness (QED) is 0.583. The summed E-state index contributed by atoms with van der Waals surface area (Å²) in [6, 6.07) is 6.52. The minimum Gasteiger partial charge on any atom is -0.482 e. The number of hydrogen-bond donors (Lipinski definition) is 2. The van der Waals surface area contributed by atoms with Crippen molar-refractivity contribution in [2.45, 2.75) is 19.1 Å². The number of carbonyl (C=O) groups is 1. The maximum atomic E-state index is 11.1. The van der Waals surface area contributed by atoms with Crippen LogP contribution in [-0.2, 0) is 9.53 Å². The Hall–Kier alpha value is -1.11. The molecule has 0 aliphatic rings. The van der Waals surface area contributed by atoms with Gasteiger partial charge in [0.05, 0.1) is 12.7 Å². The molecule has 106 valence electrons. The molecule has 0 radical (unpaired) electrons. The number of ether oxygens (including phenoxy) is 2. The summed E-state index contributed by atoms with van der Waals surface area (Å²) in [5, 5.41) is 19.6. The van der Waals surface area contributed by atoms with Gasteiger partial charge in [-0.25, -0.2) is 4.79 Å². The Morgan fingerprint density at radius 1 is 1.32 bits per heavy atom. The fourth-order valence-corrected chi connectivity index (χ4v) is 1.77. The van der Waals surface area contributed by atoms with Crippen LogP contribution in [0.25, 0.3) is 0 Å². The van der Waals surface area contributed by atoms with Crippen molar-refractivity contribution in [3.8, 4) is 5.75 Å². The monoisotopic (exact) mass is 332 g/mol. The van der Waals surface area contributed by atoms with Crippen LogP contribution in [-0.4, -0.2) is 40.8 Å². The van der Waals surface area contributed by atoms with Gasteiger partial charge < -0.3 is 19.7 Å². The van der Waals surface area contributed by atoms with E-state index in [-0.39, 0.29) is 11.9 Å². The van der Waals surface area contributed by atoms with Crippen molar-refractivity contribution < 1.29 is 24.5 Å². The highest BCUT2D eigenvalue weighted by Gasteiger charge is 2.16. The van der Waals surface area contributed by atoms with Crippen LogP contribution in [0.1, 0.15) is 18.6 Å². The molecule has 0 aliphatic heterocycles. The van der Waals surface area contributed by atoms with E-state index in [0.717, 1.165) is 0 Å². The van der Waals surface area contributed by atoms with Crippen molar-refractivity contribution in [2.75, 3.05) is 18.5 Å². The normalized spacial score (nSPS) is 13.7. The summed E-state index contributed by atoms with van der Waals surface area (Å²) >= 11 is 3.10. The number of halogens is 1. The third kappa shape index (κ3) is 5.18. The van der Waals surface area contributed by atoms with E-state index < -0.39 is 18.2 Å². The molecular weight excluding hydrogens is 316 g/mol. The summed E-state index contributed by atoms with van der Waals surface area (Å²) in [5.41, 5.74) is 0.579. The fraction of sp³-hybridized carbons (Fsp3) is 0.462. The van der Waals surface area contributed by atoms with Gasteiger partial charge in [-0.05, 0) is 24.6 Å². The molecule has 2 N–H and O–H groups in total. The Balaban J connectivity index is 2.54. The first kappa shape index (κ1) is 15.9. The Labute approximate surface area is 120 Å². The molecule has 0 bridgehead atoms. The van der Waals surface area contributed by atoms with Gasteiger partial charge in [-0.2, -0.15) is 0 Å². The van der Waals surface area contributed by atoms with Gasteiger partial charge in [0.25, 0.3) is 0 Å². The fourth-order valence-electron chi connectivity index (χ4n) is 1.41. The lowest BCUT2D eigenvalue weighted by molar-refractivity contribution is -0.145. The Morgan fingerprint density at radius 3 is 2.47 bits per heavy atom. The molecule has 19 heavy (non-hydrogen) atoms. The highest BCUT2D eigenvalue weighted by atomic mass is 79.9. The summed E-state index contributed by atoms with van der Waals surface area (Å²) in [5.74, 6) is 0.0682. The van der Waals surface area contributed by atoms with Gasteiger partial charge in [0.15, 0.2) is 6.61 Å². The highest BCUT2D eigenvalue weighted by Crippen LogP contribution is 2.21. The van der Waals surface area contributed by atoms with E-state index in [1.807, 2.05) is 0 Å². The van der Waals surface area contributed by atoms with Crippen molar-refractivity contribution in [2.24, 2.45) is 0 Å². The number of alkyl halides is 1. The third-order valence-corrected chi connectivity index (χ3v) is 3.07. The molecule has 0 saturated carbocycles. The Bertz CT molecular complexity index is 393. The standard InChI is InChI=1S/C13H17BrO5/c1-2-18-12(16)8-19-10-5-3-9(4-6-10)13(17)11(15)7-14/h3-6,11,13,15,17H,2,7-8H2,1H3. The first-order valence-electron chi connectivity index (χ1n) is 5.89. The summed E-state index contributed by atoms with van der Waals surface area (Å²) in [6.07, 6.45) is -1.83. The van der Waals surface area contributed by atoms with Gasteiger partial charge >= 0.3 is 5.97 Å².